The molecule has 1 rings (SSSR count). The molecule has 4 heteroatoms. The molecule has 0 heterocycles. The van der Waals surface area contributed by atoms with Crippen LogP contribution in [0, 0.1) is 17.3 Å². The van der Waals surface area contributed by atoms with E-state index < -0.39 is 12.1 Å². The maximum atomic E-state index is 10.5. The molecule has 1 fully saturated rings. The van der Waals surface area contributed by atoms with Crippen molar-refractivity contribution >= 4 is 5.97 Å². The van der Waals surface area contributed by atoms with Gasteiger partial charge in [-0.15, -0.1) is 0 Å². The van der Waals surface area contributed by atoms with E-state index in [1.165, 1.54) is 0 Å². The van der Waals surface area contributed by atoms with E-state index in [1.807, 2.05) is 6.08 Å². The maximum absolute atomic E-state index is 10.5. The van der Waals surface area contributed by atoms with Crippen molar-refractivity contribution in [2.45, 2.75) is 104 Å². The molecule has 4 atom stereocenters. The van der Waals surface area contributed by atoms with Gasteiger partial charge < -0.3 is 15.3 Å². The lowest BCUT2D eigenvalue weighted by Crippen LogP contribution is -2.27. The van der Waals surface area contributed by atoms with Gasteiger partial charge in [-0.3, -0.25) is 4.79 Å². The molecule has 0 aromatic carbocycles. The predicted octanol–water partition coefficient (Wildman–Crippen LogP) is 4.93. The molecule has 4 nitrogen and oxygen atoms in total. The van der Waals surface area contributed by atoms with Gasteiger partial charge in [0.1, 0.15) is 0 Å². The molecular weight excluding hydrogens is 328 g/mol. The Morgan fingerprint density at radius 1 is 1.15 bits per heavy atom. The lowest BCUT2D eigenvalue weighted by Gasteiger charge is -2.29. The van der Waals surface area contributed by atoms with Crippen LogP contribution in [0.3, 0.4) is 0 Å². The Bertz CT molecular complexity index is 430. The Hall–Kier alpha value is -0.870. The number of rotatable bonds is 13. The van der Waals surface area contributed by atoms with Crippen molar-refractivity contribution in [3.05, 3.63) is 12.2 Å². The average molecular weight is 369 g/mol. The van der Waals surface area contributed by atoms with Gasteiger partial charge in [0.05, 0.1) is 12.2 Å². The predicted molar refractivity (Wildman–Crippen MR) is 106 cm³/mol. The molecule has 1 aliphatic carbocycles. The van der Waals surface area contributed by atoms with E-state index in [-0.39, 0.29) is 23.9 Å². The van der Waals surface area contributed by atoms with Gasteiger partial charge >= 0.3 is 5.97 Å². The van der Waals surface area contributed by atoms with Crippen LogP contribution in [0.5, 0.6) is 0 Å². The fourth-order valence-electron chi connectivity index (χ4n) is 4.02. The minimum atomic E-state index is -0.721. The van der Waals surface area contributed by atoms with Crippen LogP contribution in [0.2, 0.25) is 0 Å². The average Bonchev–Trinajstić information content (AvgIpc) is 2.93. The van der Waals surface area contributed by atoms with Crippen molar-refractivity contribution in [2.24, 2.45) is 17.3 Å². The Morgan fingerprint density at radius 2 is 1.85 bits per heavy atom. The fourth-order valence-corrected chi connectivity index (χ4v) is 4.02. The third kappa shape index (κ3) is 8.22. The van der Waals surface area contributed by atoms with E-state index in [1.54, 1.807) is 0 Å². The highest BCUT2D eigenvalue weighted by atomic mass is 16.4. The van der Waals surface area contributed by atoms with Crippen molar-refractivity contribution in [1.29, 1.82) is 0 Å². The zero-order valence-corrected chi connectivity index (χ0v) is 17.0. The van der Waals surface area contributed by atoms with Crippen molar-refractivity contribution in [2.75, 3.05) is 0 Å². The van der Waals surface area contributed by atoms with Crippen molar-refractivity contribution < 1.29 is 20.1 Å². The van der Waals surface area contributed by atoms with Crippen LogP contribution in [0.1, 0.15) is 91.4 Å². The summed E-state index contributed by atoms with van der Waals surface area (Å²) in [7, 11) is 0. The van der Waals surface area contributed by atoms with E-state index in [9.17, 15) is 15.0 Å². The van der Waals surface area contributed by atoms with Gasteiger partial charge in [-0.05, 0) is 49.4 Å². The lowest BCUT2D eigenvalue weighted by atomic mass is 9.80. The SMILES string of the molecule is CCCCC(C)(C)C(O)C=CC1CCC(O)C1CCCCCCC(=O)O. The minimum absolute atomic E-state index is 0.108. The first-order valence-electron chi connectivity index (χ1n) is 10.5. The maximum Gasteiger partial charge on any atom is 0.303 e. The van der Waals surface area contributed by atoms with Crippen LogP contribution in [0.15, 0.2) is 12.2 Å². The Balaban J connectivity index is 2.43. The standard InChI is InChI=1S/C22H40O4/c1-4-5-16-22(2,3)20(24)15-13-17-12-14-19(23)18(17)10-8-6-7-9-11-21(25)26/h13,15,17-20,23-24H,4-12,14,16H2,1-3H3,(H,25,26). The van der Waals surface area contributed by atoms with Gasteiger partial charge in [0, 0.05) is 6.42 Å². The molecule has 0 aliphatic heterocycles. The molecule has 0 bridgehead atoms. The summed E-state index contributed by atoms with van der Waals surface area (Å²) < 4.78 is 0. The summed E-state index contributed by atoms with van der Waals surface area (Å²) in [5, 5.41) is 29.5. The van der Waals surface area contributed by atoms with E-state index in [4.69, 9.17) is 5.11 Å². The van der Waals surface area contributed by atoms with E-state index in [0.717, 1.165) is 64.2 Å². The van der Waals surface area contributed by atoms with Crippen molar-refractivity contribution in [1.82, 2.24) is 0 Å². The third-order valence-electron chi connectivity index (χ3n) is 6.03. The number of aliphatic hydroxyl groups is 2. The van der Waals surface area contributed by atoms with E-state index in [0.29, 0.717) is 5.92 Å². The Kier molecular flexibility index (Phi) is 10.5. The number of carbonyl (C=O) groups is 1. The molecule has 0 spiro atoms. The molecule has 26 heavy (non-hydrogen) atoms. The molecule has 152 valence electrons. The highest BCUT2D eigenvalue weighted by molar-refractivity contribution is 5.66. The molecule has 0 aromatic heterocycles. The van der Waals surface area contributed by atoms with Crippen molar-refractivity contribution in [3.8, 4) is 0 Å². The fraction of sp³-hybridized carbons (Fsp3) is 0.864. The molecule has 0 amide bonds. The van der Waals surface area contributed by atoms with Crippen LogP contribution in [0.4, 0.5) is 0 Å². The molecule has 0 radical (unpaired) electrons. The highest BCUT2D eigenvalue weighted by Gasteiger charge is 2.33. The van der Waals surface area contributed by atoms with Crippen LogP contribution >= 0.6 is 0 Å². The van der Waals surface area contributed by atoms with Crippen LogP contribution in [0.25, 0.3) is 0 Å². The smallest absolute Gasteiger partial charge is 0.303 e. The third-order valence-corrected chi connectivity index (χ3v) is 6.03. The van der Waals surface area contributed by atoms with Crippen LogP contribution in [-0.2, 0) is 4.79 Å². The minimum Gasteiger partial charge on any atom is -0.481 e. The first kappa shape index (κ1) is 23.2. The van der Waals surface area contributed by atoms with Crippen molar-refractivity contribution in [3.63, 3.8) is 0 Å². The van der Waals surface area contributed by atoms with Gasteiger partial charge in [-0.2, -0.15) is 0 Å². The summed E-state index contributed by atoms with van der Waals surface area (Å²) in [5.41, 5.74) is -0.108. The number of unbranched alkanes of at least 4 members (excludes halogenated alkanes) is 4. The molecular formula is C22H40O4. The second-order valence-corrected chi connectivity index (χ2v) is 8.74. The normalized spacial score (nSPS) is 25.0. The van der Waals surface area contributed by atoms with Gasteiger partial charge in [0.25, 0.3) is 0 Å². The second kappa shape index (κ2) is 11.8. The molecule has 0 saturated heterocycles. The summed E-state index contributed by atoms with van der Waals surface area (Å²) in [4.78, 5) is 10.5. The van der Waals surface area contributed by atoms with E-state index in [2.05, 4.69) is 26.8 Å². The second-order valence-electron chi connectivity index (χ2n) is 8.74. The Morgan fingerprint density at radius 3 is 2.50 bits per heavy atom. The first-order valence-corrected chi connectivity index (χ1v) is 10.5. The molecule has 1 aliphatic rings. The Labute approximate surface area is 159 Å². The molecule has 3 N–H and O–H groups in total. The number of hydrogen-bond donors (Lipinski definition) is 3. The summed E-state index contributed by atoms with van der Waals surface area (Å²) in [5.74, 6) is -0.0980. The molecule has 4 unspecified atom stereocenters. The number of hydrogen-bond acceptors (Lipinski definition) is 3. The largest absolute Gasteiger partial charge is 0.481 e. The molecule has 1 saturated carbocycles. The first-order chi connectivity index (χ1) is 12.3. The number of aliphatic hydroxyl groups excluding tert-OH is 2. The number of allylic oxidation sites excluding steroid dienone is 1. The van der Waals surface area contributed by atoms with Gasteiger partial charge in [-0.25, -0.2) is 0 Å². The van der Waals surface area contributed by atoms with E-state index >= 15 is 0 Å². The summed E-state index contributed by atoms with van der Waals surface area (Å²) in [6.07, 6.45) is 13.5. The summed E-state index contributed by atoms with van der Waals surface area (Å²) in [6, 6.07) is 0. The topological polar surface area (TPSA) is 77.8 Å². The number of carboxylic acids is 1. The highest BCUT2D eigenvalue weighted by Crippen LogP contribution is 2.37. The van der Waals surface area contributed by atoms with Gasteiger partial charge in [0.15, 0.2) is 0 Å². The molecule has 0 aromatic rings. The van der Waals surface area contributed by atoms with Gasteiger partial charge in [0.2, 0.25) is 0 Å². The van der Waals surface area contributed by atoms with Crippen LogP contribution in [-0.4, -0.2) is 33.5 Å². The summed E-state index contributed by atoms with van der Waals surface area (Å²) in [6.45, 7) is 6.41. The zero-order valence-electron chi connectivity index (χ0n) is 17.0. The number of aliphatic carboxylic acids is 1. The zero-order chi connectivity index (χ0) is 19.6. The monoisotopic (exact) mass is 368 g/mol. The lowest BCUT2D eigenvalue weighted by molar-refractivity contribution is -0.137. The quantitative estimate of drug-likeness (QED) is 0.318. The number of carboxylic acid groups (broad SMARTS) is 1. The van der Waals surface area contributed by atoms with Gasteiger partial charge in [-0.1, -0.05) is 65.0 Å². The summed E-state index contributed by atoms with van der Waals surface area (Å²) >= 11 is 0. The van der Waals surface area contributed by atoms with Crippen LogP contribution < -0.4 is 0 Å².